The Hall–Kier alpha value is -2.71. The number of piperidine rings is 1. The van der Waals surface area contributed by atoms with Crippen molar-refractivity contribution in [3.63, 3.8) is 0 Å². The molecule has 6 rings (SSSR count). The summed E-state index contributed by atoms with van der Waals surface area (Å²) in [5.74, 6) is 2.81. The van der Waals surface area contributed by atoms with Crippen molar-refractivity contribution in [3.8, 4) is 0 Å². The second-order valence-corrected chi connectivity index (χ2v) is 11.5. The molecule has 1 saturated heterocycles. The van der Waals surface area contributed by atoms with E-state index in [1.165, 1.54) is 44.1 Å². The molecule has 0 amide bonds. The Morgan fingerprint density at radius 1 is 0.919 bits per heavy atom. The van der Waals surface area contributed by atoms with Gasteiger partial charge < -0.3 is 21.0 Å². The molecule has 2 saturated carbocycles. The van der Waals surface area contributed by atoms with Crippen LogP contribution in [0.15, 0.2) is 36.7 Å². The Morgan fingerprint density at radius 2 is 1.65 bits per heavy atom. The summed E-state index contributed by atoms with van der Waals surface area (Å²) in [7, 11) is 0. The number of rotatable bonds is 7. The predicted molar refractivity (Wildman–Crippen MR) is 149 cm³/mol. The minimum atomic E-state index is 0.329. The van der Waals surface area contributed by atoms with E-state index in [0.717, 1.165) is 55.8 Å². The summed E-state index contributed by atoms with van der Waals surface area (Å²) >= 11 is 0. The first-order chi connectivity index (χ1) is 18.1. The van der Waals surface area contributed by atoms with Crippen molar-refractivity contribution in [1.29, 1.82) is 0 Å². The molecule has 2 aromatic heterocycles. The van der Waals surface area contributed by atoms with Crippen LogP contribution in [0.1, 0.15) is 88.7 Å². The molecule has 1 aromatic carbocycles. The zero-order valence-electron chi connectivity index (χ0n) is 22.1. The van der Waals surface area contributed by atoms with Crippen molar-refractivity contribution in [2.24, 2.45) is 11.7 Å². The first kappa shape index (κ1) is 24.6. The molecule has 3 fully saturated rings. The van der Waals surface area contributed by atoms with E-state index < -0.39 is 0 Å². The lowest BCUT2D eigenvalue weighted by Crippen LogP contribution is -2.39. The van der Waals surface area contributed by atoms with Gasteiger partial charge in [-0.05, 0) is 68.8 Å². The van der Waals surface area contributed by atoms with Gasteiger partial charge in [0.25, 0.3) is 0 Å². The molecule has 1 unspecified atom stereocenters. The average molecular weight is 503 g/mol. The van der Waals surface area contributed by atoms with Gasteiger partial charge in [0.15, 0.2) is 17.0 Å². The number of imidazole rings is 1. The molecule has 2 aliphatic carbocycles. The summed E-state index contributed by atoms with van der Waals surface area (Å²) in [6.45, 7) is 4.38. The van der Waals surface area contributed by atoms with Crippen molar-refractivity contribution in [3.05, 3.63) is 42.2 Å². The summed E-state index contributed by atoms with van der Waals surface area (Å²) in [6.07, 6.45) is 13.5. The predicted octanol–water partition coefficient (Wildman–Crippen LogP) is 5.47. The Labute approximate surface area is 220 Å². The number of anilines is 2. The Kier molecular flexibility index (Phi) is 7.29. The van der Waals surface area contributed by atoms with E-state index in [1.807, 2.05) is 6.33 Å². The number of nitrogens with zero attached hydrogens (tertiary/aromatic N) is 5. The molecule has 1 aliphatic heterocycles. The lowest BCUT2D eigenvalue weighted by molar-refractivity contribution is 0.200. The topological polar surface area (TPSA) is 96.9 Å². The van der Waals surface area contributed by atoms with E-state index >= 15 is 0 Å². The number of nitrogens with one attached hydrogen (secondary N) is 2. The number of hydrogen-bond acceptors (Lipinski definition) is 7. The molecule has 37 heavy (non-hydrogen) atoms. The molecule has 0 bridgehead atoms. The van der Waals surface area contributed by atoms with Gasteiger partial charge in [0.1, 0.15) is 0 Å². The molecule has 1 atom stereocenters. The zero-order valence-corrected chi connectivity index (χ0v) is 22.1. The van der Waals surface area contributed by atoms with Gasteiger partial charge in [0.2, 0.25) is 5.95 Å². The molecule has 3 heterocycles. The number of nitrogens with two attached hydrogens (primary N) is 1. The van der Waals surface area contributed by atoms with Gasteiger partial charge in [0.05, 0.1) is 6.33 Å². The van der Waals surface area contributed by atoms with Crippen LogP contribution in [0.4, 0.5) is 11.8 Å². The minimum absolute atomic E-state index is 0.329. The zero-order chi connectivity index (χ0) is 25.2. The molecule has 8 nitrogen and oxygen atoms in total. The van der Waals surface area contributed by atoms with Crippen LogP contribution >= 0.6 is 0 Å². The minimum Gasteiger partial charge on any atom is -0.351 e. The third-order valence-corrected chi connectivity index (χ3v) is 9.08. The molecule has 4 N–H and O–H groups in total. The van der Waals surface area contributed by atoms with E-state index in [1.54, 1.807) is 0 Å². The Morgan fingerprint density at radius 3 is 2.38 bits per heavy atom. The van der Waals surface area contributed by atoms with Crippen molar-refractivity contribution < 1.29 is 0 Å². The highest BCUT2D eigenvalue weighted by Crippen LogP contribution is 2.35. The molecule has 0 radical (unpaired) electrons. The smallest absolute Gasteiger partial charge is 0.227 e. The normalized spacial score (nSPS) is 24.9. The highest BCUT2D eigenvalue weighted by atomic mass is 15.5. The van der Waals surface area contributed by atoms with Crippen LogP contribution in [0.2, 0.25) is 0 Å². The van der Waals surface area contributed by atoms with E-state index in [-0.39, 0.29) is 0 Å². The fourth-order valence-corrected chi connectivity index (χ4v) is 6.64. The van der Waals surface area contributed by atoms with E-state index in [4.69, 9.17) is 20.7 Å². The fraction of sp³-hybridized carbons (Fsp3) is 0.621. The van der Waals surface area contributed by atoms with Gasteiger partial charge in [0, 0.05) is 31.2 Å². The maximum absolute atomic E-state index is 6.14. The molecule has 198 valence electrons. The SMILES string of the molecule is CC(c1ccccc1)C1CCN(Nc2nc(NC3CCC(N)CC3)nc3c2ncn3C2CCCC2)CC1. The second kappa shape index (κ2) is 11.0. The van der Waals surface area contributed by atoms with Crippen LogP contribution < -0.4 is 16.5 Å². The summed E-state index contributed by atoms with van der Waals surface area (Å²) in [4.78, 5) is 14.8. The summed E-state index contributed by atoms with van der Waals surface area (Å²) in [6, 6.07) is 12.1. The van der Waals surface area contributed by atoms with Crippen molar-refractivity contribution in [1.82, 2.24) is 24.5 Å². The van der Waals surface area contributed by atoms with Crippen molar-refractivity contribution in [2.75, 3.05) is 23.8 Å². The molecule has 8 heteroatoms. The maximum atomic E-state index is 6.14. The van der Waals surface area contributed by atoms with Gasteiger partial charge in [-0.1, -0.05) is 50.1 Å². The summed E-state index contributed by atoms with van der Waals surface area (Å²) in [5, 5.41) is 5.97. The largest absolute Gasteiger partial charge is 0.351 e. The second-order valence-electron chi connectivity index (χ2n) is 11.5. The van der Waals surface area contributed by atoms with Crippen molar-refractivity contribution >= 4 is 22.9 Å². The number of aromatic nitrogens is 4. The molecule has 0 spiro atoms. The van der Waals surface area contributed by atoms with E-state index in [2.05, 4.69) is 57.6 Å². The molecular weight excluding hydrogens is 460 g/mol. The van der Waals surface area contributed by atoms with E-state index in [0.29, 0.717) is 35.9 Å². The number of hydrogen-bond donors (Lipinski definition) is 3. The van der Waals surface area contributed by atoms with Crippen LogP contribution in [-0.2, 0) is 0 Å². The number of fused-ring (bicyclic) bond motifs is 1. The Balaban J connectivity index is 1.20. The first-order valence-corrected chi connectivity index (χ1v) is 14.5. The molecule has 3 aliphatic rings. The van der Waals surface area contributed by atoms with Crippen LogP contribution in [0.5, 0.6) is 0 Å². The first-order valence-electron chi connectivity index (χ1n) is 14.5. The standard InChI is InChI=1S/C29H42N8/c1-20(21-7-3-2-4-8-21)22-15-17-36(18-16-22)35-27-26-28(37(19-31-26)25-9-5-6-10-25)34-29(33-27)32-24-13-11-23(30)12-14-24/h2-4,7-8,19-20,22-25H,5-6,9-18,30H2,1H3,(H2,32,33,34,35). The maximum Gasteiger partial charge on any atom is 0.227 e. The van der Waals surface area contributed by atoms with Crippen LogP contribution in [-0.4, -0.2) is 49.7 Å². The van der Waals surface area contributed by atoms with Crippen LogP contribution in [0.3, 0.4) is 0 Å². The van der Waals surface area contributed by atoms with Gasteiger partial charge >= 0.3 is 0 Å². The van der Waals surface area contributed by atoms with Crippen LogP contribution in [0, 0.1) is 5.92 Å². The van der Waals surface area contributed by atoms with Gasteiger partial charge in [-0.15, -0.1) is 0 Å². The number of benzene rings is 1. The van der Waals surface area contributed by atoms with Gasteiger partial charge in [-0.2, -0.15) is 9.97 Å². The molecular formula is C29H42N8. The average Bonchev–Trinajstić information content (AvgIpc) is 3.61. The summed E-state index contributed by atoms with van der Waals surface area (Å²) in [5.41, 5.74) is 13.1. The van der Waals surface area contributed by atoms with Crippen molar-refractivity contribution in [2.45, 2.75) is 95.2 Å². The van der Waals surface area contributed by atoms with E-state index in [9.17, 15) is 0 Å². The monoisotopic (exact) mass is 502 g/mol. The third-order valence-electron chi connectivity index (χ3n) is 9.08. The molecule has 3 aromatic rings. The van der Waals surface area contributed by atoms with Gasteiger partial charge in [-0.25, -0.2) is 9.99 Å². The fourth-order valence-electron chi connectivity index (χ4n) is 6.64. The Bertz CT molecular complexity index is 1160. The lowest BCUT2D eigenvalue weighted by atomic mass is 9.81. The quantitative estimate of drug-likeness (QED) is 0.394. The third kappa shape index (κ3) is 5.46. The van der Waals surface area contributed by atoms with Gasteiger partial charge in [-0.3, -0.25) is 0 Å². The lowest BCUT2D eigenvalue weighted by Gasteiger charge is -2.35. The number of hydrazine groups is 1. The highest BCUT2D eigenvalue weighted by Gasteiger charge is 2.27. The summed E-state index contributed by atoms with van der Waals surface area (Å²) < 4.78 is 2.30. The highest BCUT2D eigenvalue weighted by molar-refractivity contribution is 5.84. The van der Waals surface area contributed by atoms with Crippen LogP contribution in [0.25, 0.3) is 11.2 Å².